The molecule has 174 valence electrons. The Kier molecular flexibility index (Phi) is 5.33. The molecule has 3 aliphatic heterocycles. The fourth-order valence-electron chi connectivity index (χ4n) is 5.40. The number of ether oxygens (including phenoxy) is 1. The highest BCUT2D eigenvalue weighted by atomic mass is 19.1. The number of hydrogen-bond acceptors (Lipinski definition) is 4. The monoisotopic (exact) mass is 459 g/mol. The van der Waals surface area contributed by atoms with Crippen molar-refractivity contribution in [2.24, 2.45) is 4.99 Å². The van der Waals surface area contributed by atoms with Crippen LogP contribution in [0, 0.1) is 5.82 Å². The molecule has 3 aromatic carbocycles. The zero-order valence-corrected chi connectivity index (χ0v) is 18.9. The molecule has 3 heterocycles. The standard InChI is InChI=1S/C28H27F2N3O/c29-23-9-6-20(7-10-23)26-24-11-8-21(19-4-2-1-3-5-19)16-22(24)13-15-33(26)27-32-18-28(34-27)17-31-14-12-25(28)30/h1-11,16,25-26,31H,12-15,17-18H2/t25?,26-,28?/m0/s1. The first-order chi connectivity index (χ1) is 16.6. The van der Waals surface area contributed by atoms with E-state index in [1.54, 1.807) is 0 Å². The zero-order valence-electron chi connectivity index (χ0n) is 18.9. The Hall–Kier alpha value is -3.25. The van der Waals surface area contributed by atoms with Crippen LogP contribution in [0.3, 0.4) is 0 Å². The van der Waals surface area contributed by atoms with Gasteiger partial charge in [-0.15, -0.1) is 0 Å². The minimum Gasteiger partial charge on any atom is -0.452 e. The number of halogens is 2. The van der Waals surface area contributed by atoms with Gasteiger partial charge in [0.2, 0.25) is 0 Å². The molecule has 0 saturated carbocycles. The molecule has 34 heavy (non-hydrogen) atoms. The van der Waals surface area contributed by atoms with Gasteiger partial charge in [-0.05, 0) is 59.3 Å². The highest BCUT2D eigenvalue weighted by molar-refractivity contribution is 5.78. The number of fused-ring (bicyclic) bond motifs is 1. The Bertz CT molecular complexity index is 1210. The molecule has 3 atom stereocenters. The normalized spacial score (nSPS) is 26.2. The van der Waals surface area contributed by atoms with Crippen LogP contribution in [0.15, 0.2) is 77.8 Å². The highest BCUT2D eigenvalue weighted by Crippen LogP contribution is 2.40. The summed E-state index contributed by atoms with van der Waals surface area (Å²) in [4.78, 5) is 6.80. The average molecular weight is 460 g/mol. The maximum atomic E-state index is 14.9. The third-order valence-electron chi connectivity index (χ3n) is 7.26. The summed E-state index contributed by atoms with van der Waals surface area (Å²) >= 11 is 0. The largest absolute Gasteiger partial charge is 0.452 e. The molecule has 0 aromatic heterocycles. The maximum Gasteiger partial charge on any atom is 0.289 e. The lowest BCUT2D eigenvalue weighted by Crippen LogP contribution is -2.57. The van der Waals surface area contributed by atoms with Crippen LogP contribution in [-0.4, -0.2) is 48.9 Å². The highest BCUT2D eigenvalue weighted by Gasteiger charge is 2.49. The molecule has 0 amide bonds. The lowest BCUT2D eigenvalue weighted by molar-refractivity contribution is -0.0275. The van der Waals surface area contributed by atoms with Gasteiger partial charge in [0.15, 0.2) is 5.60 Å². The summed E-state index contributed by atoms with van der Waals surface area (Å²) in [5, 5.41) is 3.26. The molecule has 0 bridgehead atoms. The second-order valence-corrected chi connectivity index (χ2v) is 9.38. The molecule has 1 saturated heterocycles. The fraction of sp³-hybridized carbons (Fsp3) is 0.321. The van der Waals surface area contributed by atoms with Crippen molar-refractivity contribution in [3.8, 4) is 11.1 Å². The van der Waals surface area contributed by atoms with E-state index in [0.717, 1.165) is 17.5 Å². The Morgan fingerprint density at radius 2 is 1.82 bits per heavy atom. The van der Waals surface area contributed by atoms with Gasteiger partial charge in [0.25, 0.3) is 6.02 Å². The number of benzene rings is 3. The first-order valence-corrected chi connectivity index (χ1v) is 11.9. The summed E-state index contributed by atoms with van der Waals surface area (Å²) in [6.45, 7) is 2.10. The molecule has 2 unspecified atom stereocenters. The van der Waals surface area contributed by atoms with Gasteiger partial charge in [0.05, 0.1) is 12.6 Å². The van der Waals surface area contributed by atoms with Crippen molar-refractivity contribution in [3.63, 3.8) is 0 Å². The van der Waals surface area contributed by atoms with E-state index in [1.807, 2.05) is 30.3 Å². The van der Waals surface area contributed by atoms with Crippen molar-refractivity contribution in [3.05, 3.63) is 95.3 Å². The summed E-state index contributed by atoms with van der Waals surface area (Å²) in [6, 6.07) is 23.8. The summed E-state index contributed by atoms with van der Waals surface area (Å²) in [7, 11) is 0. The average Bonchev–Trinajstić information content (AvgIpc) is 3.31. The van der Waals surface area contributed by atoms with Gasteiger partial charge < -0.3 is 15.0 Å². The second kappa shape index (κ2) is 8.51. The van der Waals surface area contributed by atoms with E-state index < -0.39 is 11.8 Å². The van der Waals surface area contributed by atoms with Crippen molar-refractivity contribution in [1.29, 1.82) is 0 Å². The maximum absolute atomic E-state index is 14.9. The minimum absolute atomic E-state index is 0.183. The van der Waals surface area contributed by atoms with E-state index in [2.05, 4.69) is 45.5 Å². The van der Waals surface area contributed by atoms with Gasteiger partial charge in [-0.3, -0.25) is 0 Å². The second-order valence-electron chi connectivity index (χ2n) is 9.38. The van der Waals surface area contributed by atoms with Crippen molar-refractivity contribution < 1.29 is 13.5 Å². The number of piperidine rings is 1. The van der Waals surface area contributed by atoms with Gasteiger partial charge in [0.1, 0.15) is 12.0 Å². The molecule has 3 aliphatic rings. The molecule has 4 nitrogen and oxygen atoms in total. The molecule has 0 radical (unpaired) electrons. The van der Waals surface area contributed by atoms with E-state index in [0.29, 0.717) is 38.6 Å². The molecule has 3 aromatic rings. The van der Waals surface area contributed by atoms with E-state index >= 15 is 0 Å². The van der Waals surface area contributed by atoms with Crippen LogP contribution in [0.25, 0.3) is 11.1 Å². The fourth-order valence-corrected chi connectivity index (χ4v) is 5.40. The van der Waals surface area contributed by atoms with E-state index in [1.165, 1.54) is 28.8 Å². The molecule has 6 rings (SSSR count). The summed E-state index contributed by atoms with van der Waals surface area (Å²) in [6.07, 6.45) is 0.195. The van der Waals surface area contributed by atoms with Crippen LogP contribution >= 0.6 is 0 Å². The number of nitrogens with one attached hydrogen (secondary N) is 1. The predicted molar refractivity (Wildman–Crippen MR) is 129 cm³/mol. The third kappa shape index (κ3) is 3.66. The van der Waals surface area contributed by atoms with Crippen LogP contribution in [0.2, 0.25) is 0 Å². The van der Waals surface area contributed by atoms with Gasteiger partial charge in [0, 0.05) is 13.1 Å². The Morgan fingerprint density at radius 3 is 2.62 bits per heavy atom. The Balaban J connectivity index is 1.37. The molecule has 0 aliphatic carbocycles. The molecular formula is C28H27F2N3O. The van der Waals surface area contributed by atoms with Crippen LogP contribution < -0.4 is 5.32 Å². The quantitative estimate of drug-likeness (QED) is 0.593. The summed E-state index contributed by atoms with van der Waals surface area (Å²) in [5.74, 6) is -0.271. The van der Waals surface area contributed by atoms with Gasteiger partial charge in [-0.25, -0.2) is 13.8 Å². The van der Waals surface area contributed by atoms with Gasteiger partial charge in [-0.1, -0.05) is 60.7 Å². The van der Waals surface area contributed by atoms with E-state index in [-0.39, 0.29) is 11.9 Å². The smallest absolute Gasteiger partial charge is 0.289 e. The van der Waals surface area contributed by atoms with Gasteiger partial charge >= 0.3 is 0 Å². The van der Waals surface area contributed by atoms with Crippen LogP contribution in [0.4, 0.5) is 8.78 Å². The van der Waals surface area contributed by atoms with Gasteiger partial charge in [-0.2, -0.15) is 0 Å². The number of amidine groups is 1. The number of aliphatic imine (C=N–C) groups is 1. The summed E-state index contributed by atoms with van der Waals surface area (Å²) < 4.78 is 34.9. The van der Waals surface area contributed by atoms with Crippen LogP contribution in [0.1, 0.15) is 29.2 Å². The van der Waals surface area contributed by atoms with Crippen molar-refractivity contribution in [2.75, 3.05) is 26.2 Å². The topological polar surface area (TPSA) is 36.9 Å². The molecule has 1 spiro atoms. The Labute approximate surface area is 198 Å². The molecule has 1 N–H and O–H groups in total. The molecule has 1 fully saturated rings. The van der Waals surface area contributed by atoms with E-state index in [4.69, 9.17) is 4.74 Å². The number of rotatable bonds is 2. The predicted octanol–water partition coefficient (Wildman–Crippen LogP) is 4.90. The lowest BCUT2D eigenvalue weighted by Gasteiger charge is -2.41. The first kappa shape index (κ1) is 21.3. The molecular weight excluding hydrogens is 432 g/mol. The molecule has 6 heteroatoms. The Morgan fingerprint density at radius 1 is 1.00 bits per heavy atom. The first-order valence-electron chi connectivity index (χ1n) is 11.9. The lowest BCUT2D eigenvalue weighted by atomic mass is 9.86. The van der Waals surface area contributed by atoms with Crippen LogP contribution in [-0.2, 0) is 11.2 Å². The number of alkyl halides is 1. The van der Waals surface area contributed by atoms with E-state index in [9.17, 15) is 8.78 Å². The van der Waals surface area contributed by atoms with Crippen molar-refractivity contribution in [1.82, 2.24) is 10.2 Å². The van der Waals surface area contributed by atoms with Crippen molar-refractivity contribution >= 4 is 6.02 Å². The van der Waals surface area contributed by atoms with Crippen molar-refractivity contribution in [2.45, 2.75) is 30.7 Å². The number of hydrogen-bond donors (Lipinski definition) is 1. The van der Waals surface area contributed by atoms with Crippen LogP contribution in [0.5, 0.6) is 0 Å². The third-order valence-corrected chi connectivity index (χ3v) is 7.26. The zero-order chi connectivity index (χ0) is 23.1. The summed E-state index contributed by atoms with van der Waals surface area (Å²) in [5.41, 5.74) is 4.77. The SMILES string of the molecule is Fc1ccc([C@H]2c3ccc(-c4ccccc4)cc3CCN2C2=NCC3(CNCCC3F)O2)cc1. The number of nitrogens with zero attached hydrogens (tertiary/aromatic N) is 2. The minimum atomic E-state index is -1.05.